The Balaban J connectivity index is 2.05. The van der Waals surface area contributed by atoms with Crippen LogP contribution in [0.2, 0.25) is 0 Å². The number of carbonyl (C=O) groups excluding carboxylic acids is 2. The third-order valence-electron chi connectivity index (χ3n) is 3.54. The van der Waals surface area contributed by atoms with Crippen LogP contribution in [-0.4, -0.2) is 42.1 Å². The van der Waals surface area contributed by atoms with Crippen molar-refractivity contribution in [1.29, 1.82) is 0 Å². The second-order valence-electron chi connectivity index (χ2n) is 5.07. The molecule has 0 radical (unpaired) electrons. The summed E-state index contributed by atoms with van der Waals surface area (Å²) in [6, 6.07) is 5.29. The van der Waals surface area contributed by atoms with Crippen LogP contribution in [-0.2, 0) is 20.8 Å². The zero-order valence-corrected chi connectivity index (χ0v) is 12.2. The Morgan fingerprint density at radius 2 is 2.18 bits per heavy atom. The molecule has 1 saturated heterocycles. The first-order chi connectivity index (χ1) is 10.5. The molecule has 0 saturated carbocycles. The van der Waals surface area contributed by atoms with E-state index in [1.54, 1.807) is 24.3 Å². The molecular weight excluding hydrogens is 288 g/mol. The third kappa shape index (κ3) is 3.75. The topological polar surface area (TPSA) is 105 Å². The van der Waals surface area contributed by atoms with Gasteiger partial charge in [-0.3, -0.25) is 9.59 Å². The van der Waals surface area contributed by atoms with E-state index in [0.29, 0.717) is 17.7 Å². The second-order valence-corrected chi connectivity index (χ2v) is 5.07. The molecule has 1 heterocycles. The molecule has 0 spiro atoms. The van der Waals surface area contributed by atoms with Crippen LogP contribution in [0.4, 0.5) is 0 Å². The van der Waals surface area contributed by atoms with Crippen molar-refractivity contribution < 1.29 is 24.2 Å². The smallest absolute Gasteiger partial charge is 0.326 e. The number of amides is 2. The summed E-state index contributed by atoms with van der Waals surface area (Å²) in [5, 5.41) is 14.3. The lowest BCUT2D eigenvalue weighted by Gasteiger charge is -2.18. The van der Waals surface area contributed by atoms with Gasteiger partial charge in [0.2, 0.25) is 11.8 Å². The molecule has 22 heavy (non-hydrogen) atoms. The highest BCUT2D eigenvalue weighted by atomic mass is 16.5. The summed E-state index contributed by atoms with van der Waals surface area (Å²) in [6.45, 7) is 0. The summed E-state index contributed by atoms with van der Waals surface area (Å²) in [5.74, 6) is -1.24. The number of carboxylic acid groups (broad SMARTS) is 1. The zero-order chi connectivity index (χ0) is 16.1. The first-order valence-corrected chi connectivity index (χ1v) is 6.95. The molecule has 1 fully saturated rings. The largest absolute Gasteiger partial charge is 0.496 e. The van der Waals surface area contributed by atoms with E-state index in [0.717, 1.165) is 0 Å². The average Bonchev–Trinajstić information content (AvgIpc) is 2.93. The van der Waals surface area contributed by atoms with Crippen LogP contribution in [0, 0.1) is 0 Å². The summed E-state index contributed by atoms with van der Waals surface area (Å²) in [7, 11) is 1.50. The van der Waals surface area contributed by atoms with Crippen molar-refractivity contribution in [2.75, 3.05) is 7.11 Å². The molecule has 3 N–H and O–H groups in total. The molecule has 2 rings (SSSR count). The van der Waals surface area contributed by atoms with E-state index in [1.165, 1.54) is 7.11 Å². The molecule has 7 nitrogen and oxygen atoms in total. The summed E-state index contributed by atoms with van der Waals surface area (Å²) in [5.41, 5.74) is 0.688. The van der Waals surface area contributed by atoms with Crippen molar-refractivity contribution >= 4 is 17.8 Å². The van der Waals surface area contributed by atoms with Gasteiger partial charge in [0, 0.05) is 12.8 Å². The normalized spacial score (nSPS) is 18.4. The predicted octanol–water partition coefficient (Wildman–Crippen LogP) is 0.0857. The van der Waals surface area contributed by atoms with E-state index >= 15 is 0 Å². The fraction of sp³-hybridized carbons (Fsp3) is 0.400. The first kappa shape index (κ1) is 15.8. The number of rotatable bonds is 6. The summed E-state index contributed by atoms with van der Waals surface area (Å²) >= 11 is 0. The highest BCUT2D eigenvalue weighted by Crippen LogP contribution is 2.19. The van der Waals surface area contributed by atoms with Crippen LogP contribution in [0.1, 0.15) is 18.4 Å². The van der Waals surface area contributed by atoms with Gasteiger partial charge in [-0.05, 0) is 18.1 Å². The van der Waals surface area contributed by atoms with Crippen LogP contribution in [0.5, 0.6) is 5.75 Å². The minimum Gasteiger partial charge on any atom is -0.496 e. The lowest BCUT2D eigenvalue weighted by atomic mass is 10.0. The molecule has 7 heteroatoms. The maximum absolute atomic E-state index is 12.0. The molecule has 1 aliphatic heterocycles. The van der Waals surface area contributed by atoms with Gasteiger partial charge in [-0.25, -0.2) is 4.79 Å². The average molecular weight is 306 g/mol. The quantitative estimate of drug-likeness (QED) is 0.690. The van der Waals surface area contributed by atoms with E-state index in [1.807, 2.05) is 0 Å². The Morgan fingerprint density at radius 1 is 1.45 bits per heavy atom. The summed E-state index contributed by atoms with van der Waals surface area (Å²) in [4.78, 5) is 34.5. The van der Waals surface area contributed by atoms with E-state index < -0.39 is 24.0 Å². The van der Waals surface area contributed by atoms with Crippen LogP contribution in [0.15, 0.2) is 24.3 Å². The number of nitrogens with one attached hydrogen (secondary N) is 2. The summed E-state index contributed by atoms with van der Waals surface area (Å²) < 4.78 is 5.18. The molecule has 1 aromatic rings. The number of methoxy groups -OCH3 is 1. The monoisotopic (exact) mass is 306 g/mol. The number of hydrogen-bond donors (Lipinski definition) is 3. The SMILES string of the molecule is COc1ccccc1C[C@H](NC(=O)[C@@H]1CCC(=O)N1)C(=O)O. The highest BCUT2D eigenvalue weighted by Gasteiger charge is 2.30. The Kier molecular flexibility index (Phi) is 4.98. The van der Waals surface area contributed by atoms with Crippen LogP contribution in [0.3, 0.4) is 0 Å². The number of ether oxygens (including phenoxy) is 1. The van der Waals surface area contributed by atoms with E-state index in [4.69, 9.17) is 4.74 Å². The van der Waals surface area contributed by atoms with Gasteiger partial charge in [0.15, 0.2) is 0 Å². The fourth-order valence-electron chi connectivity index (χ4n) is 2.37. The maximum Gasteiger partial charge on any atom is 0.326 e. The van der Waals surface area contributed by atoms with E-state index in [9.17, 15) is 19.5 Å². The van der Waals surface area contributed by atoms with Gasteiger partial charge in [0.1, 0.15) is 17.8 Å². The van der Waals surface area contributed by atoms with Crippen molar-refractivity contribution in [2.24, 2.45) is 0 Å². The number of benzene rings is 1. The van der Waals surface area contributed by atoms with E-state index in [2.05, 4.69) is 10.6 Å². The maximum atomic E-state index is 12.0. The number of para-hydroxylation sites is 1. The van der Waals surface area contributed by atoms with Gasteiger partial charge in [-0.2, -0.15) is 0 Å². The minimum absolute atomic E-state index is 0.103. The van der Waals surface area contributed by atoms with Gasteiger partial charge >= 0.3 is 5.97 Å². The lowest BCUT2D eigenvalue weighted by Crippen LogP contribution is -2.49. The number of aliphatic carboxylic acids is 1. The second kappa shape index (κ2) is 6.93. The molecule has 2 amide bonds. The minimum atomic E-state index is -1.14. The molecule has 0 aromatic heterocycles. The van der Waals surface area contributed by atoms with Crippen molar-refractivity contribution in [3.05, 3.63) is 29.8 Å². The van der Waals surface area contributed by atoms with Gasteiger partial charge in [-0.15, -0.1) is 0 Å². The number of hydrogen-bond acceptors (Lipinski definition) is 4. The van der Waals surface area contributed by atoms with Crippen LogP contribution in [0.25, 0.3) is 0 Å². The lowest BCUT2D eigenvalue weighted by molar-refractivity contribution is -0.142. The van der Waals surface area contributed by atoms with Gasteiger partial charge in [0.05, 0.1) is 7.11 Å². The van der Waals surface area contributed by atoms with Gasteiger partial charge in [-0.1, -0.05) is 18.2 Å². The molecule has 118 valence electrons. The Bertz CT molecular complexity index is 587. The standard InChI is InChI=1S/C15H18N2O5/c1-22-12-5-3-2-4-9(12)8-11(15(20)21)17-14(19)10-6-7-13(18)16-10/h2-5,10-11H,6-8H2,1H3,(H,16,18)(H,17,19)(H,20,21)/t10-,11-/m0/s1. The Hall–Kier alpha value is -2.57. The molecule has 0 aliphatic carbocycles. The van der Waals surface area contributed by atoms with E-state index in [-0.39, 0.29) is 18.7 Å². The van der Waals surface area contributed by atoms with Crippen molar-refractivity contribution in [3.8, 4) is 5.75 Å². The third-order valence-corrected chi connectivity index (χ3v) is 3.54. The molecular formula is C15H18N2O5. The van der Waals surface area contributed by atoms with Crippen molar-refractivity contribution in [3.63, 3.8) is 0 Å². The summed E-state index contributed by atoms with van der Waals surface area (Å²) in [6.07, 6.45) is 0.764. The molecule has 2 atom stereocenters. The predicted molar refractivity (Wildman–Crippen MR) is 77.4 cm³/mol. The number of carbonyl (C=O) groups is 3. The Morgan fingerprint density at radius 3 is 2.77 bits per heavy atom. The van der Waals surface area contributed by atoms with Crippen LogP contribution < -0.4 is 15.4 Å². The highest BCUT2D eigenvalue weighted by molar-refractivity contribution is 5.92. The van der Waals surface area contributed by atoms with Gasteiger partial charge < -0.3 is 20.5 Å². The molecule has 0 unspecified atom stereocenters. The van der Waals surface area contributed by atoms with Gasteiger partial charge in [0.25, 0.3) is 0 Å². The first-order valence-electron chi connectivity index (χ1n) is 6.95. The van der Waals surface area contributed by atoms with Crippen LogP contribution >= 0.6 is 0 Å². The Labute approximate surface area is 127 Å². The van der Waals surface area contributed by atoms with Crippen molar-refractivity contribution in [2.45, 2.75) is 31.3 Å². The van der Waals surface area contributed by atoms with Crippen molar-refractivity contribution in [1.82, 2.24) is 10.6 Å². The zero-order valence-electron chi connectivity index (χ0n) is 12.2. The fourth-order valence-corrected chi connectivity index (χ4v) is 2.37. The molecule has 1 aromatic carbocycles. The molecule has 1 aliphatic rings. The number of carboxylic acids is 1. The molecule has 0 bridgehead atoms.